The molecule has 0 saturated carbocycles. The minimum atomic E-state index is -0.576. The lowest BCUT2D eigenvalue weighted by molar-refractivity contribution is 0.0946. The number of halogens is 1. The van der Waals surface area contributed by atoms with Crippen LogP contribution in [0.3, 0.4) is 0 Å². The van der Waals surface area contributed by atoms with Gasteiger partial charge in [-0.3, -0.25) is 4.79 Å². The molecule has 4 nitrogen and oxygen atoms in total. The van der Waals surface area contributed by atoms with Gasteiger partial charge in [-0.15, -0.1) is 0 Å². The predicted molar refractivity (Wildman–Crippen MR) is 68.4 cm³/mol. The predicted octanol–water partition coefficient (Wildman–Crippen LogP) is 1.56. The maximum Gasteiger partial charge on any atom is 0.258 e. The highest BCUT2D eigenvalue weighted by Gasteiger charge is 2.16. The van der Waals surface area contributed by atoms with E-state index >= 15 is 0 Å². The molecule has 0 aliphatic rings. The van der Waals surface area contributed by atoms with E-state index in [1.54, 1.807) is 6.07 Å². The normalized spacial score (nSPS) is 10.2. The first-order valence-electron chi connectivity index (χ1n) is 6.02. The maximum absolute atomic E-state index is 13.6. The van der Waals surface area contributed by atoms with Gasteiger partial charge in [0.05, 0.1) is 7.11 Å². The highest BCUT2D eigenvalue weighted by atomic mass is 19.1. The van der Waals surface area contributed by atoms with E-state index in [9.17, 15) is 9.18 Å². The van der Waals surface area contributed by atoms with Crippen molar-refractivity contribution in [3.8, 4) is 5.75 Å². The molecular formula is C13H19FN2O2. The van der Waals surface area contributed by atoms with Crippen LogP contribution < -0.4 is 15.4 Å². The van der Waals surface area contributed by atoms with Crippen LogP contribution in [0.25, 0.3) is 0 Å². The number of hydrogen-bond donors (Lipinski definition) is 2. The Bertz CT molecular complexity index is 397. The molecule has 0 saturated heterocycles. The lowest BCUT2D eigenvalue weighted by atomic mass is 10.1. The Hall–Kier alpha value is -1.62. The van der Waals surface area contributed by atoms with Crippen LogP contribution in [0.2, 0.25) is 0 Å². The number of nitrogens with one attached hydrogen (secondary N) is 2. The number of ether oxygens (including phenoxy) is 1. The minimum absolute atomic E-state index is 0.0458. The van der Waals surface area contributed by atoms with Crippen LogP contribution in [-0.4, -0.2) is 32.7 Å². The molecule has 0 unspecified atom stereocenters. The third-order valence-corrected chi connectivity index (χ3v) is 2.44. The summed E-state index contributed by atoms with van der Waals surface area (Å²) >= 11 is 0. The van der Waals surface area contributed by atoms with Gasteiger partial charge in [-0.05, 0) is 25.1 Å². The van der Waals surface area contributed by atoms with Crippen molar-refractivity contribution in [2.45, 2.75) is 13.3 Å². The molecule has 2 N–H and O–H groups in total. The Morgan fingerprint density at radius 3 is 2.78 bits per heavy atom. The topological polar surface area (TPSA) is 50.4 Å². The van der Waals surface area contributed by atoms with Gasteiger partial charge in [0.2, 0.25) is 0 Å². The van der Waals surface area contributed by atoms with Crippen LogP contribution in [-0.2, 0) is 0 Å². The minimum Gasteiger partial charge on any atom is -0.496 e. The molecule has 1 aromatic rings. The molecule has 18 heavy (non-hydrogen) atoms. The molecule has 0 fully saturated rings. The summed E-state index contributed by atoms with van der Waals surface area (Å²) in [6.07, 6.45) is 1.04. The van der Waals surface area contributed by atoms with E-state index in [-0.39, 0.29) is 11.3 Å². The molecule has 5 heteroatoms. The first-order chi connectivity index (χ1) is 8.70. The zero-order chi connectivity index (χ0) is 13.4. The van der Waals surface area contributed by atoms with Gasteiger partial charge in [-0.25, -0.2) is 4.39 Å². The second-order valence-corrected chi connectivity index (χ2v) is 3.82. The number of carbonyl (C=O) groups excluding carboxylic acids is 1. The van der Waals surface area contributed by atoms with Crippen LogP contribution >= 0.6 is 0 Å². The fourth-order valence-electron chi connectivity index (χ4n) is 1.55. The van der Waals surface area contributed by atoms with E-state index in [0.717, 1.165) is 13.0 Å². The van der Waals surface area contributed by atoms with Gasteiger partial charge >= 0.3 is 0 Å². The molecule has 0 aliphatic carbocycles. The highest BCUT2D eigenvalue weighted by molar-refractivity contribution is 5.97. The van der Waals surface area contributed by atoms with Crippen molar-refractivity contribution < 1.29 is 13.9 Å². The smallest absolute Gasteiger partial charge is 0.258 e. The summed E-state index contributed by atoms with van der Waals surface area (Å²) in [5, 5.41) is 5.80. The Morgan fingerprint density at radius 1 is 1.33 bits per heavy atom. The Labute approximate surface area is 107 Å². The summed E-state index contributed by atoms with van der Waals surface area (Å²) in [4.78, 5) is 11.8. The van der Waals surface area contributed by atoms with Crippen molar-refractivity contribution in [1.82, 2.24) is 10.6 Å². The van der Waals surface area contributed by atoms with Crippen LogP contribution in [0.5, 0.6) is 5.75 Å². The number of amides is 1. The monoisotopic (exact) mass is 254 g/mol. The molecule has 1 amide bonds. The third kappa shape index (κ3) is 4.00. The van der Waals surface area contributed by atoms with Gasteiger partial charge in [-0.2, -0.15) is 0 Å². The van der Waals surface area contributed by atoms with Gasteiger partial charge in [0.15, 0.2) is 0 Å². The molecule has 0 heterocycles. The number of benzene rings is 1. The molecule has 0 atom stereocenters. The van der Waals surface area contributed by atoms with E-state index in [2.05, 4.69) is 17.6 Å². The standard InChI is InChI=1S/C13H19FN2O2/c1-3-7-15-8-9-16-13(17)12-10(14)5-4-6-11(12)18-2/h4-6,15H,3,7-9H2,1-2H3,(H,16,17). The quantitative estimate of drug-likeness (QED) is 0.726. The van der Waals surface area contributed by atoms with Crippen LogP contribution in [0.4, 0.5) is 4.39 Å². The lowest BCUT2D eigenvalue weighted by Gasteiger charge is -2.10. The lowest BCUT2D eigenvalue weighted by Crippen LogP contribution is -2.32. The largest absolute Gasteiger partial charge is 0.496 e. The highest BCUT2D eigenvalue weighted by Crippen LogP contribution is 2.20. The summed E-state index contributed by atoms with van der Waals surface area (Å²) in [5.41, 5.74) is -0.0458. The van der Waals surface area contributed by atoms with Crippen molar-refractivity contribution in [2.24, 2.45) is 0 Å². The van der Waals surface area contributed by atoms with Crippen molar-refractivity contribution in [2.75, 3.05) is 26.7 Å². The molecule has 0 aromatic heterocycles. The summed E-state index contributed by atoms with van der Waals surface area (Å²) in [5.74, 6) is -0.786. The van der Waals surface area contributed by atoms with Crippen molar-refractivity contribution in [1.29, 1.82) is 0 Å². The number of carbonyl (C=O) groups is 1. The number of methoxy groups -OCH3 is 1. The van der Waals surface area contributed by atoms with Gasteiger partial charge < -0.3 is 15.4 Å². The van der Waals surface area contributed by atoms with E-state index in [4.69, 9.17) is 4.74 Å². The Balaban J connectivity index is 2.56. The zero-order valence-corrected chi connectivity index (χ0v) is 10.8. The summed E-state index contributed by atoms with van der Waals surface area (Å²) in [6.45, 7) is 4.08. The zero-order valence-electron chi connectivity index (χ0n) is 10.8. The second-order valence-electron chi connectivity index (χ2n) is 3.82. The molecular weight excluding hydrogens is 235 g/mol. The average molecular weight is 254 g/mol. The summed E-state index contributed by atoms with van der Waals surface area (Å²) in [6, 6.07) is 4.31. The fourth-order valence-corrected chi connectivity index (χ4v) is 1.55. The molecule has 0 bridgehead atoms. The second kappa shape index (κ2) is 7.66. The Kier molecular flexibility index (Phi) is 6.14. The summed E-state index contributed by atoms with van der Waals surface area (Å²) in [7, 11) is 1.41. The van der Waals surface area contributed by atoms with Crippen LogP contribution in [0, 0.1) is 5.82 Å². The first kappa shape index (κ1) is 14.4. The van der Waals surface area contributed by atoms with Crippen molar-refractivity contribution in [3.63, 3.8) is 0 Å². The van der Waals surface area contributed by atoms with Gasteiger partial charge in [0.25, 0.3) is 5.91 Å². The van der Waals surface area contributed by atoms with Gasteiger partial charge in [-0.1, -0.05) is 13.0 Å². The van der Waals surface area contributed by atoms with E-state index in [1.165, 1.54) is 19.2 Å². The molecule has 1 rings (SSSR count). The van der Waals surface area contributed by atoms with Crippen LogP contribution in [0.1, 0.15) is 23.7 Å². The van der Waals surface area contributed by atoms with E-state index in [0.29, 0.717) is 13.1 Å². The molecule has 0 aliphatic heterocycles. The van der Waals surface area contributed by atoms with Crippen molar-refractivity contribution >= 4 is 5.91 Å². The van der Waals surface area contributed by atoms with Gasteiger partial charge in [0.1, 0.15) is 17.1 Å². The maximum atomic E-state index is 13.6. The molecule has 0 spiro atoms. The first-order valence-corrected chi connectivity index (χ1v) is 6.02. The SMILES string of the molecule is CCCNCCNC(=O)c1c(F)cccc1OC. The van der Waals surface area contributed by atoms with E-state index in [1.807, 2.05) is 0 Å². The molecule has 100 valence electrons. The van der Waals surface area contributed by atoms with Crippen LogP contribution in [0.15, 0.2) is 18.2 Å². The number of hydrogen-bond acceptors (Lipinski definition) is 3. The fraction of sp³-hybridized carbons (Fsp3) is 0.462. The third-order valence-electron chi connectivity index (χ3n) is 2.44. The molecule has 1 aromatic carbocycles. The van der Waals surface area contributed by atoms with E-state index < -0.39 is 11.7 Å². The number of rotatable bonds is 7. The van der Waals surface area contributed by atoms with Gasteiger partial charge in [0, 0.05) is 13.1 Å². The van der Waals surface area contributed by atoms with Crippen molar-refractivity contribution in [3.05, 3.63) is 29.6 Å². The Morgan fingerprint density at radius 2 is 2.11 bits per heavy atom. The average Bonchev–Trinajstić information content (AvgIpc) is 2.37. The molecule has 0 radical (unpaired) electrons. The summed E-state index contributed by atoms with van der Waals surface area (Å²) < 4.78 is 18.5.